The van der Waals surface area contributed by atoms with E-state index < -0.39 is 0 Å². The maximum Gasteiger partial charge on any atom is 0.190 e. The number of rotatable bonds is 0. The predicted molar refractivity (Wildman–Crippen MR) is 30.6 cm³/mol. The number of fused-ring (bicyclic) bond motifs is 1. The van der Waals surface area contributed by atoms with E-state index in [0.29, 0.717) is 0 Å². The minimum Gasteiger partial charge on any atom is -0.459 e. The quantitative estimate of drug-likeness (QED) is 0.516. The monoisotopic (exact) mass is 123 g/mol. The topological polar surface area (TPSA) is 30.5 Å². The summed E-state index contributed by atoms with van der Waals surface area (Å²) in [4.78, 5) is 4.75. The average Bonchev–Trinajstić information content (AvgIpc) is 2.33. The molecule has 0 saturated heterocycles. The maximum atomic E-state index is 5.03. The molecule has 2 rings (SSSR count). The molecule has 0 unspecified atom stereocenters. The first kappa shape index (κ1) is 4.49. The second kappa shape index (κ2) is 1.55. The first-order valence-corrected chi connectivity index (χ1v) is 2.62. The third-order valence-corrected chi connectivity index (χ3v) is 1.14. The van der Waals surface area contributed by atoms with Gasteiger partial charge in [-0.05, 0) is 12.2 Å². The van der Waals surface area contributed by atoms with Gasteiger partial charge in [-0.3, -0.25) is 0 Å². The SMILES string of the molecule is C1=COC2=CONC2=C1. The van der Waals surface area contributed by atoms with Crippen LogP contribution in [0.2, 0.25) is 0 Å². The molecule has 0 saturated carbocycles. The molecule has 0 radical (unpaired) electrons. The van der Waals surface area contributed by atoms with Crippen molar-refractivity contribution in [2.24, 2.45) is 0 Å². The summed E-state index contributed by atoms with van der Waals surface area (Å²) in [5, 5.41) is 0. The van der Waals surface area contributed by atoms with Crippen LogP contribution in [0.15, 0.2) is 36.1 Å². The molecule has 0 aliphatic carbocycles. The number of ether oxygens (including phenoxy) is 1. The van der Waals surface area contributed by atoms with E-state index >= 15 is 0 Å². The minimum atomic E-state index is 0.734. The Kier molecular flexibility index (Phi) is 0.773. The highest BCUT2D eigenvalue weighted by molar-refractivity contribution is 5.31. The summed E-state index contributed by atoms with van der Waals surface area (Å²) >= 11 is 0. The molecule has 0 bridgehead atoms. The van der Waals surface area contributed by atoms with Crippen LogP contribution in [-0.4, -0.2) is 0 Å². The van der Waals surface area contributed by atoms with Gasteiger partial charge < -0.3 is 9.57 Å². The van der Waals surface area contributed by atoms with Crippen molar-refractivity contribution in [2.45, 2.75) is 0 Å². The van der Waals surface area contributed by atoms with Crippen molar-refractivity contribution < 1.29 is 9.57 Å². The number of hydrogen-bond donors (Lipinski definition) is 1. The van der Waals surface area contributed by atoms with E-state index in [4.69, 9.17) is 9.57 Å². The fraction of sp³-hybridized carbons (Fsp3) is 0. The second-order valence-electron chi connectivity index (χ2n) is 1.73. The van der Waals surface area contributed by atoms with Crippen molar-refractivity contribution in [3.63, 3.8) is 0 Å². The molecule has 46 valence electrons. The molecular formula is C6H5NO2. The lowest BCUT2D eigenvalue weighted by Crippen LogP contribution is -2.05. The number of allylic oxidation sites excluding steroid dienone is 2. The lowest BCUT2D eigenvalue weighted by atomic mass is 10.3. The Balaban J connectivity index is 2.37. The van der Waals surface area contributed by atoms with Crippen molar-refractivity contribution in [1.29, 1.82) is 0 Å². The predicted octanol–water partition coefficient (Wildman–Crippen LogP) is 0.790. The summed E-state index contributed by atoms with van der Waals surface area (Å²) in [6, 6.07) is 0. The van der Waals surface area contributed by atoms with Gasteiger partial charge in [0.1, 0.15) is 5.70 Å². The van der Waals surface area contributed by atoms with Gasteiger partial charge in [-0.25, -0.2) is 5.48 Å². The van der Waals surface area contributed by atoms with Crippen molar-refractivity contribution >= 4 is 0 Å². The number of nitrogens with one attached hydrogen (secondary N) is 1. The van der Waals surface area contributed by atoms with Crippen LogP contribution in [0.25, 0.3) is 0 Å². The molecule has 2 aliphatic rings. The average molecular weight is 123 g/mol. The maximum absolute atomic E-state index is 5.03. The molecule has 0 amide bonds. The van der Waals surface area contributed by atoms with Crippen LogP contribution >= 0.6 is 0 Å². The van der Waals surface area contributed by atoms with Crippen LogP contribution in [0, 0.1) is 0 Å². The van der Waals surface area contributed by atoms with E-state index in [1.165, 1.54) is 6.26 Å². The first-order valence-electron chi connectivity index (χ1n) is 2.62. The molecule has 0 aromatic rings. The summed E-state index contributed by atoms with van der Waals surface area (Å²) in [5.41, 5.74) is 3.52. The van der Waals surface area contributed by atoms with Crippen LogP contribution < -0.4 is 5.48 Å². The summed E-state index contributed by atoms with van der Waals surface area (Å²) < 4.78 is 5.03. The van der Waals surface area contributed by atoms with E-state index in [1.54, 1.807) is 12.3 Å². The van der Waals surface area contributed by atoms with Gasteiger partial charge in [-0.2, -0.15) is 0 Å². The Morgan fingerprint density at radius 1 is 1.44 bits per heavy atom. The lowest BCUT2D eigenvalue weighted by molar-refractivity contribution is 0.186. The van der Waals surface area contributed by atoms with E-state index in [9.17, 15) is 0 Å². The third kappa shape index (κ3) is 0.579. The van der Waals surface area contributed by atoms with Gasteiger partial charge >= 0.3 is 0 Å². The minimum absolute atomic E-state index is 0.734. The smallest absolute Gasteiger partial charge is 0.190 e. The van der Waals surface area contributed by atoms with Crippen molar-refractivity contribution in [3.8, 4) is 0 Å². The first-order chi connectivity index (χ1) is 4.47. The van der Waals surface area contributed by atoms with E-state index in [0.717, 1.165) is 11.5 Å². The zero-order valence-electron chi connectivity index (χ0n) is 4.63. The molecule has 0 atom stereocenters. The molecule has 3 nitrogen and oxygen atoms in total. The van der Waals surface area contributed by atoms with Gasteiger partial charge in [0, 0.05) is 0 Å². The fourth-order valence-electron chi connectivity index (χ4n) is 0.716. The Labute approximate surface area is 52.2 Å². The Hall–Kier alpha value is -1.38. The molecule has 0 spiro atoms. The largest absolute Gasteiger partial charge is 0.459 e. The Morgan fingerprint density at radius 3 is 3.33 bits per heavy atom. The Bertz CT molecular complexity index is 215. The second-order valence-corrected chi connectivity index (χ2v) is 1.73. The summed E-state index contributed by atoms with van der Waals surface area (Å²) in [5.74, 6) is 0.734. The molecule has 0 fully saturated rings. The van der Waals surface area contributed by atoms with Gasteiger partial charge in [-0.15, -0.1) is 0 Å². The van der Waals surface area contributed by atoms with E-state index in [1.807, 2.05) is 6.08 Å². The van der Waals surface area contributed by atoms with Crippen molar-refractivity contribution in [3.05, 3.63) is 36.1 Å². The lowest BCUT2D eigenvalue weighted by Gasteiger charge is -2.03. The van der Waals surface area contributed by atoms with Gasteiger partial charge in [0.2, 0.25) is 0 Å². The molecule has 2 aliphatic heterocycles. The standard InChI is InChI=1S/C6H5NO2/c1-2-5-6(8-3-1)4-9-7-5/h1-4,7H. The van der Waals surface area contributed by atoms with E-state index in [-0.39, 0.29) is 0 Å². The van der Waals surface area contributed by atoms with Crippen LogP contribution in [0.1, 0.15) is 0 Å². The van der Waals surface area contributed by atoms with Crippen LogP contribution in [0.3, 0.4) is 0 Å². The van der Waals surface area contributed by atoms with Crippen molar-refractivity contribution in [2.75, 3.05) is 0 Å². The highest BCUT2D eigenvalue weighted by Gasteiger charge is 2.13. The highest BCUT2D eigenvalue weighted by atomic mass is 16.7. The van der Waals surface area contributed by atoms with E-state index in [2.05, 4.69) is 5.48 Å². The van der Waals surface area contributed by atoms with Crippen LogP contribution in [0.5, 0.6) is 0 Å². The van der Waals surface area contributed by atoms with Crippen LogP contribution in [0.4, 0.5) is 0 Å². The van der Waals surface area contributed by atoms with Gasteiger partial charge in [0.05, 0.1) is 6.26 Å². The number of hydroxylamine groups is 1. The third-order valence-electron chi connectivity index (χ3n) is 1.14. The molecule has 9 heavy (non-hydrogen) atoms. The van der Waals surface area contributed by atoms with Gasteiger partial charge in [0.25, 0.3) is 0 Å². The van der Waals surface area contributed by atoms with Crippen molar-refractivity contribution in [1.82, 2.24) is 5.48 Å². The van der Waals surface area contributed by atoms with Gasteiger partial charge in [0.15, 0.2) is 12.0 Å². The fourth-order valence-corrected chi connectivity index (χ4v) is 0.716. The summed E-state index contributed by atoms with van der Waals surface area (Å²) in [7, 11) is 0. The van der Waals surface area contributed by atoms with Crippen LogP contribution in [-0.2, 0) is 9.57 Å². The zero-order valence-corrected chi connectivity index (χ0v) is 4.63. The molecular weight excluding hydrogens is 118 g/mol. The molecule has 2 heterocycles. The molecule has 0 aromatic heterocycles. The van der Waals surface area contributed by atoms with Gasteiger partial charge in [-0.1, -0.05) is 0 Å². The molecule has 1 N–H and O–H groups in total. The molecule has 3 heteroatoms. The summed E-state index contributed by atoms with van der Waals surface area (Å²) in [6.07, 6.45) is 6.80. The number of hydrogen-bond acceptors (Lipinski definition) is 3. The Morgan fingerprint density at radius 2 is 2.44 bits per heavy atom. The normalized spacial score (nSPS) is 20.4. The highest BCUT2D eigenvalue weighted by Crippen LogP contribution is 2.17. The zero-order chi connectivity index (χ0) is 6.10. The summed E-state index contributed by atoms with van der Waals surface area (Å²) in [6.45, 7) is 0. The molecule has 0 aromatic carbocycles.